The molecule has 1 atom stereocenters. The summed E-state index contributed by atoms with van der Waals surface area (Å²) in [4.78, 5) is 45.0. The van der Waals surface area contributed by atoms with Crippen LogP contribution in [0.3, 0.4) is 0 Å². The molecule has 0 aliphatic carbocycles. The number of ether oxygens (including phenoxy) is 1. The van der Waals surface area contributed by atoms with Gasteiger partial charge in [0.1, 0.15) is 12.0 Å². The third-order valence-electron chi connectivity index (χ3n) is 4.92. The first-order valence-corrected chi connectivity index (χ1v) is 8.54. The van der Waals surface area contributed by atoms with E-state index in [1.807, 2.05) is 6.92 Å². The molecule has 0 aromatic rings. The summed E-state index contributed by atoms with van der Waals surface area (Å²) in [6.45, 7) is 3.06. The molecule has 25 heavy (non-hydrogen) atoms. The molecule has 1 unspecified atom stereocenters. The zero-order valence-electron chi connectivity index (χ0n) is 14.8. The molecule has 134 valence electrons. The minimum absolute atomic E-state index is 0.200. The lowest BCUT2D eigenvalue weighted by Gasteiger charge is -2.29. The van der Waals surface area contributed by atoms with Gasteiger partial charge in [0.05, 0.1) is 14.2 Å². The van der Waals surface area contributed by atoms with Gasteiger partial charge in [-0.25, -0.2) is 4.79 Å². The Morgan fingerprint density at radius 3 is 2.64 bits per heavy atom. The molecule has 3 heterocycles. The molecule has 3 aliphatic heterocycles. The maximum absolute atomic E-state index is 13.0. The molecule has 1 saturated heterocycles. The van der Waals surface area contributed by atoms with Crippen LogP contribution in [0.5, 0.6) is 0 Å². The Balaban J connectivity index is 1.93. The maximum Gasteiger partial charge on any atom is 0.446 e. The number of hydrogen-bond donors (Lipinski definition) is 0. The summed E-state index contributed by atoms with van der Waals surface area (Å²) in [5, 5.41) is 0. The van der Waals surface area contributed by atoms with E-state index in [9.17, 15) is 14.4 Å². The molecule has 8 heteroatoms. The molecule has 3 aliphatic rings. The van der Waals surface area contributed by atoms with E-state index >= 15 is 0 Å². The van der Waals surface area contributed by atoms with Gasteiger partial charge in [0.25, 0.3) is 11.7 Å². The van der Waals surface area contributed by atoms with Crippen LogP contribution < -0.4 is 0 Å². The number of hydrogen-bond acceptors (Lipinski definition) is 5. The number of methoxy groups -OCH3 is 1. The fraction of sp³-hybridized carbons (Fsp3) is 0.588. The number of rotatable bonds is 4. The lowest BCUT2D eigenvalue weighted by atomic mass is 9.94. The molecule has 0 spiro atoms. The average Bonchev–Trinajstić information content (AvgIpc) is 3.16. The predicted octanol–water partition coefficient (Wildman–Crippen LogP) is 0.623. The minimum Gasteiger partial charge on any atom is -0.499 e. The van der Waals surface area contributed by atoms with Crippen molar-refractivity contribution in [3.05, 3.63) is 11.3 Å². The highest BCUT2D eigenvalue weighted by atomic mass is 16.5. The summed E-state index contributed by atoms with van der Waals surface area (Å²) in [5.41, 5.74) is 0.818. The van der Waals surface area contributed by atoms with E-state index in [0.717, 1.165) is 23.3 Å². The summed E-state index contributed by atoms with van der Waals surface area (Å²) in [5.74, 6) is -0.595. The monoisotopic (exact) mass is 347 g/mol. The van der Waals surface area contributed by atoms with Gasteiger partial charge in [-0.3, -0.25) is 9.59 Å². The zero-order valence-corrected chi connectivity index (χ0v) is 14.8. The van der Waals surface area contributed by atoms with Crippen molar-refractivity contribution in [3.8, 4) is 0 Å². The smallest absolute Gasteiger partial charge is 0.446 e. The number of amidine groups is 1. The van der Waals surface area contributed by atoms with Gasteiger partial charge in [0.15, 0.2) is 12.5 Å². The van der Waals surface area contributed by atoms with Crippen molar-refractivity contribution in [2.24, 2.45) is 10.9 Å². The third kappa shape index (κ3) is 2.85. The second kappa shape index (κ2) is 6.78. The molecule has 0 N–H and O–H groups in total. The highest BCUT2D eigenvalue weighted by Gasteiger charge is 2.51. The van der Waals surface area contributed by atoms with E-state index in [1.54, 1.807) is 18.2 Å². The normalized spacial score (nSPS) is 23.6. The molecule has 3 rings (SSSR count). The topological polar surface area (TPSA) is 82.3 Å². The number of carbonyl (C=O) groups excluding carboxylic acids is 3. The highest BCUT2D eigenvalue weighted by molar-refractivity contribution is 6.16. The Labute approximate surface area is 146 Å². The second-order valence-electron chi connectivity index (χ2n) is 6.35. The number of nitrogens with zero attached hydrogens (tertiary/aromatic N) is 4. The number of imide groups is 1. The summed E-state index contributed by atoms with van der Waals surface area (Å²) in [6, 6.07) is -0.531. The Morgan fingerprint density at radius 1 is 1.36 bits per heavy atom. The lowest BCUT2D eigenvalue weighted by molar-refractivity contribution is -0.408. The molecular weight excluding hydrogens is 324 g/mol. The van der Waals surface area contributed by atoms with E-state index in [0.29, 0.717) is 31.1 Å². The predicted molar refractivity (Wildman–Crippen MR) is 90.4 cm³/mol. The number of urea groups is 1. The molecule has 0 bridgehead atoms. The number of fused-ring (bicyclic) bond motifs is 1. The maximum atomic E-state index is 13.0. The van der Waals surface area contributed by atoms with E-state index in [2.05, 4.69) is 4.99 Å². The largest absolute Gasteiger partial charge is 0.499 e. The van der Waals surface area contributed by atoms with Gasteiger partial charge in [-0.15, -0.1) is 4.99 Å². The van der Waals surface area contributed by atoms with Crippen molar-refractivity contribution >= 4 is 29.9 Å². The van der Waals surface area contributed by atoms with Crippen LogP contribution in [0.15, 0.2) is 16.3 Å². The lowest BCUT2D eigenvalue weighted by Crippen LogP contribution is -2.57. The Hall–Kier alpha value is -2.51. The summed E-state index contributed by atoms with van der Waals surface area (Å²) in [7, 11) is 3.07. The molecule has 0 aromatic carbocycles. The van der Waals surface area contributed by atoms with Gasteiger partial charge in [-0.1, -0.05) is 6.92 Å². The van der Waals surface area contributed by atoms with Gasteiger partial charge < -0.3 is 9.64 Å². The fourth-order valence-corrected chi connectivity index (χ4v) is 3.48. The van der Waals surface area contributed by atoms with E-state index in [1.165, 1.54) is 11.7 Å². The Bertz CT molecular complexity index is 716. The number of likely N-dealkylation sites (tertiary alicyclic amines) is 1. The number of aliphatic imine (C=N–C) groups is 1. The first kappa shape index (κ1) is 17.3. The van der Waals surface area contributed by atoms with Crippen LogP contribution in [0.2, 0.25) is 0 Å². The van der Waals surface area contributed by atoms with Crippen molar-refractivity contribution < 1.29 is 23.7 Å². The molecule has 0 saturated carbocycles. The number of carbonyl (C=O) groups is 3. The van der Waals surface area contributed by atoms with Crippen LogP contribution in [-0.2, 0) is 14.3 Å². The van der Waals surface area contributed by atoms with E-state index < -0.39 is 17.9 Å². The Kier molecular flexibility index (Phi) is 4.69. The molecule has 0 aromatic heterocycles. The number of amides is 4. The molecule has 8 nitrogen and oxygen atoms in total. The van der Waals surface area contributed by atoms with Gasteiger partial charge in [-0.05, 0) is 19.3 Å². The van der Waals surface area contributed by atoms with Crippen LogP contribution >= 0.6 is 0 Å². The standard InChI is InChI=1S/C17H23N4O4/c1-4-11-9-18-15-13(14(11)25-3)16(23)21(17(24)19(15)2)10-12(22)20-7-5-6-8-20/h9,13H,4-8,10H2,1-3H3/q+1. The average molecular weight is 347 g/mol. The van der Waals surface area contributed by atoms with Crippen LogP contribution in [0.1, 0.15) is 26.2 Å². The fourth-order valence-electron chi connectivity index (χ4n) is 3.48. The van der Waals surface area contributed by atoms with Crippen molar-refractivity contribution in [1.82, 2.24) is 9.80 Å². The van der Waals surface area contributed by atoms with Crippen LogP contribution in [0.4, 0.5) is 4.79 Å². The molecule has 0 radical (unpaired) electrons. The third-order valence-corrected chi connectivity index (χ3v) is 4.92. The van der Waals surface area contributed by atoms with Crippen molar-refractivity contribution in [2.75, 3.05) is 33.8 Å². The van der Waals surface area contributed by atoms with E-state index in [4.69, 9.17) is 4.74 Å². The van der Waals surface area contributed by atoms with Gasteiger partial charge >= 0.3 is 11.9 Å². The van der Waals surface area contributed by atoms with E-state index in [-0.39, 0.29) is 12.5 Å². The number of allylic oxidation sites excluding steroid dienone is 1. The molecule has 1 fully saturated rings. The minimum atomic E-state index is -0.779. The molecule has 4 amide bonds. The van der Waals surface area contributed by atoms with Crippen LogP contribution in [0, 0.1) is 5.92 Å². The van der Waals surface area contributed by atoms with Crippen molar-refractivity contribution in [2.45, 2.75) is 26.2 Å². The number of dihydropyridines is 1. The van der Waals surface area contributed by atoms with Gasteiger partial charge in [0, 0.05) is 18.7 Å². The van der Waals surface area contributed by atoms with Crippen LogP contribution in [-0.4, -0.2) is 78.1 Å². The summed E-state index contributed by atoms with van der Waals surface area (Å²) >= 11 is 0. The SMILES string of the molecule is CCC1=C(OC)C2C(=O)N(CC(=O)N3CCCC3)C(=O)[N+](C)=C2N=C1. The summed E-state index contributed by atoms with van der Waals surface area (Å²) in [6.07, 6.45) is 4.21. The van der Waals surface area contributed by atoms with Crippen molar-refractivity contribution in [3.63, 3.8) is 0 Å². The van der Waals surface area contributed by atoms with Crippen molar-refractivity contribution in [1.29, 1.82) is 0 Å². The summed E-state index contributed by atoms with van der Waals surface area (Å²) < 4.78 is 6.78. The zero-order chi connectivity index (χ0) is 18.1. The first-order valence-electron chi connectivity index (χ1n) is 8.54. The quantitative estimate of drug-likeness (QED) is 0.698. The Morgan fingerprint density at radius 2 is 2.04 bits per heavy atom. The second-order valence-corrected chi connectivity index (χ2v) is 6.35. The van der Waals surface area contributed by atoms with Crippen LogP contribution in [0.25, 0.3) is 0 Å². The highest BCUT2D eigenvalue weighted by Crippen LogP contribution is 2.28. The van der Waals surface area contributed by atoms with Gasteiger partial charge in [0.2, 0.25) is 0 Å². The van der Waals surface area contributed by atoms with Gasteiger partial charge in [-0.2, -0.15) is 9.48 Å². The first-order chi connectivity index (χ1) is 12.0. The molecular formula is C17H23N4O4+.